The van der Waals surface area contributed by atoms with Gasteiger partial charge in [-0.2, -0.15) is 5.10 Å². The number of rotatable bonds is 8. The first-order valence-corrected chi connectivity index (χ1v) is 9.92. The Morgan fingerprint density at radius 3 is 2.45 bits per heavy atom. The highest BCUT2D eigenvalue weighted by molar-refractivity contribution is 5.98. The number of hydrogen-bond acceptors (Lipinski definition) is 4. The van der Waals surface area contributed by atoms with Gasteiger partial charge < -0.3 is 16.2 Å². The van der Waals surface area contributed by atoms with Crippen molar-refractivity contribution in [3.8, 4) is 0 Å². The van der Waals surface area contributed by atoms with Crippen LogP contribution in [0.4, 0.5) is 5.82 Å². The van der Waals surface area contributed by atoms with Gasteiger partial charge in [0.2, 0.25) is 0 Å². The smallest absolute Gasteiger partial charge is 0.254 e. The van der Waals surface area contributed by atoms with E-state index in [-0.39, 0.29) is 24.0 Å². The third kappa shape index (κ3) is 4.17. The number of aromatic nitrogens is 2. The molecule has 1 aliphatic rings. The largest absolute Gasteiger partial charge is 0.383 e. The van der Waals surface area contributed by atoms with Crippen LogP contribution in [0, 0.1) is 0 Å². The normalized spacial score (nSPS) is 14.7. The maximum absolute atomic E-state index is 12.0. The standard InChI is InChI=1S/C23H26N4O2/c1-15(17-7-9-18(10-8-17)19-11-12-19)27-22(24)21(23(25)28)20(26-27)14-29-13-16-5-3-2-4-6-16/h2-10,15,19H,11-14,24H2,1H3,(H2,25,28). The highest BCUT2D eigenvalue weighted by Gasteiger charge is 2.25. The van der Waals surface area contributed by atoms with Crippen molar-refractivity contribution in [1.29, 1.82) is 0 Å². The average molecular weight is 390 g/mol. The van der Waals surface area contributed by atoms with Gasteiger partial charge in [0.05, 0.1) is 19.3 Å². The molecule has 1 amide bonds. The van der Waals surface area contributed by atoms with Crippen molar-refractivity contribution < 1.29 is 9.53 Å². The average Bonchev–Trinajstić information content (AvgIpc) is 3.52. The van der Waals surface area contributed by atoms with Gasteiger partial charge in [-0.3, -0.25) is 4.79 Å². The SMILES string of the molecule is CC(c1ccc(C2CC2)cc1)n1nc(COCc2ccccc2)c(C(N)=O)c1N. The van der Waals surface area contributed by atoms with Gasteiger partial charge in [-0.25, -0.2) is 4.68 Å². The van der Waals surface area contributed by atoms with E-state index in [4.69, 9.17) is 16.2 Å². The molecule has 1 aliphatic carbocycles. The number of primary amides is 1. The fraction of sp³-hybridized carbons (Fsp3) is 0.304. The monoisotopic (exact) mass is 390 g/mol. The minimum absolute atomic E-state index is 0.121. The molecule has 1 atom stereocenters. The Kier molecular flexibility index (Phi) is 5.36. The molecule has 1 saturated carbocycles. The summed E-state index contributed by atoms with van der Waals surface area (Å²) in [6, 6.07) is 18.3. The molecule has 4 rings (SSSR count). The molecule has 0 spiro atoms. The number of carbonyl (C=O) groups is 1. The van der Waals surface area contributed by atoms with Gasteiger partial charge in [0.1, 0.15) is 17.1 Å². The van der Waals surface area contributed by atoms with Crippen LogP contribution >= 0.6 is 0 Å². The molecule has 0 bridgehead atoms. The minimum atomic E-state index is -0.594. The van der Waals surface area contributed by atoms with Crippen LogP contribution in [0.1, 0.15) is 64.5 Å². The number of nitrogen functional groups attached to an aromatic ring is 1. The summed E-state index contributed by atoms with van der Waals surface area (Å²) in [4.78, 5) is 12.0. The molecule has 1 unspecified atom stereocenters. The van der Waals surface area contributed by atoms with Crippen molar-refractivity contribution in [2.24, 2.45) is 5.73 Å². The molecule has 6 heteroatoms. The number of hydrogen-bond donors (Lipinski definition) is 2. The summed E-state index contributed by atoms with van der Waals surface area (Å²) in [6.07, 6.45) is 2.55. The van der Waals surface area contributed by atoms with E-state index in [9.17, 15) is 4.79 Å². The third-order valence-electron chi connectivity index (χ3n) is 5.45. The number of anilines is 1. The quantitative estimate of drug-likeness (QED) is 0.612. The lowest BCUT2D eigenvalue weighted by Gasteiger charge is -2.15. The number of carbonyl (C=O) groups excluding carboxylic acids is 1. The molecule has 150 valence electrons. The van der Waals surface area contributed by atoms with Crippen LogP contribution in [0.5, 0.6) is 0 Å². The zero-order valence-electron chi connectivity index (χ0n) is 16.5. The van der Waals surface area contributed by atoms with Gasteiger partial charge in [-0.15, -0.1) is 0 Å². The molecule has 6 nitrogen and oxygen atoms in total. The Morgan fingerprint density at radius 2 is 1.83 bits per heavy atom. The van der Waals surface area contributed by atoms with Crippen LogP contribution in [0.25, 0.3) is 0 Å². The van der Waals surface area contributed by atoms with Gasteiger partial charge >= 0.3 is 0 Å². The molecular formula is C23H26N4O2. The van der Waals surface area contributed by atoms with Crippen molar-refractivity contribution in [2.45, 2.75) is 44.9 Å². The maximum atomic E-state index is 12.0. The molecule has 2 aromatic carbocycles. The van der Waals surface area contributed by atoms with Gasteiger partial charge in [0.25, 0.3) is 5.91 Å². The summed E-state index contributed by atoms with van der Waals surface area (Å²) in [6.45, 7) is 2.59. The van der Waals surface area contributed by atoms with Crippen LogP contribution in [0.15, 0.2) is 54.6 Å². The van der Waals surface area contributed by atoms with E-state index in [2.05, 4.69) is 29.4 Å². The first kappa shape index (κ1) is 19.2. The summed E-state index contributed by atoms with van der Waals surface area (Å²) in [5.41, 5.74) is 16.0. The van der Waals surface area contributed by atoms with Crippen molar-refractivity contribution in [3.05, 3.63) is 82.5 Å². The minimum Gasteiger partial charge on any atom is -0.383 e. The first-order valence-electron chi connectivity index (χ1n) is 9.92. The van der Waals surface area contributed by atoms with Crippen molar-refractivity contribution >= 4 is 11.7 Å². The fourth-order valence-corrected chi connectivity index (χ4v) is 3.61. The summed E-state index contributed by atoms with van der Waals surface area (Å²) >= 11 is 0. The van der Waals surface area contributed by atoms with Gasteiger partial charge in [0, 0.05) is 0 Å². The fourth-order valence-electron chi connectivity index (χ4n) is 3.61. The van der Waals surface area contributed by atoms with Gasteiger partial charge in [-0.05, 0) is 42.4 Å². The second-order valence-corrected chi connectivity index (χ2v) is 7.61. The predicted octanol–water partition coefficient (Wildman–Crippen LogP) is 3.77. The Morgan fingerprint density at radius 1 is 1.14 bits per heavy atom. The van der Waals surface area contributed by atoms with Gasteiger partial charge in [-0.1, -0.05) is 54.6 Å². The van der Waals surface area contributed by atoms with E-state index < -0.39 is 5.91 Å². The highest BCUT2D eigenvalue weighted by Crippen LogP contribution is 2.40. The predicted molar refractivity (Wildman–Crippen MR) is 112 cm³/mol. The lowest BCUT2D eigenvalue weighted by atomic mass is 10.0. The zero-order chi connectivity index (χ0) is 20.4. The van der Waals surface area contributed by atoms with E-state index in [1.54, 1.807) is 4.68 Å². The number of nitrogens with two attached hydrogens (primary N) is 2. The third-order valence-corrected chi connectivity index (χ3v) is 5.45. The van der Waals surface area contributed by atoms with E-state index in [0.29, 0.717) is 18.2 Å². The summed E-state index contributed by atoms with van der Waals surface area (Å²) < 4.78 is 7.42. The van der Waals surface area contributed by atoms with Crippen LogP contribution < -0.4 is 11.5 Å². The zero-order valence-corrected chi connectivity index (χ0v) is 16.5. The first-order chi connectivity index (χ1) is 14.0. The molecule has 0 saturated heterocycles. The van der Waals surface area contributed by atoms with E-state index in [1.807, 2.05) is 37.3 Å². The molecule has 1 aromatic heterocycles. The van der Waals surface area contributed by atoms with Crippen molar-refractivity contribution in [2.75, 3.05) is 5.73 Å². The lowest BCUT2D eigenvalue weighted by molar-refractivity contribution is 0.0959. The van der Waals surface area contributed by atoms with Crippen LogP contribution in [-0.4, -0.2) is 15.7 Å². The van der Waals surface area contributed by atoms with Crippen LogP contribution in [-0.2, 0) is 18.0 Å². The molecule has 0 radical (unpaired) electrons. The van der Waals surface area contributed by atoms with Crippen molar-refractivity contribution in [1.82, 2.24) is 9.78 Å². The second-order valence-electron chi connectivity index (χ2n) is 7.61. The number of ether oxygens (including phenoxy) is 1. The van der Waals surface area contributed by atoms with Crippen LogP contribution in [0.3, 0.4) is 0 Å². The second kappa shape index (κ2) is 8.09. The van der Waals surface area contributed by atoms with E-state index >= 15 is 0 Å². The molecule has 1 fully saturated rings. The van der Waals surface area contributed by atoms with E-state index in [0.717, 1.165) is 11.1 Å². The molecule has 0 aliphatic heterocycles. The van der Waals surface area contributed by atoms with E-state index in [1.165, 1.54) is 18.4 Å². The molecule has 3 aromatic rings. The number of nitrogens with zero attached hydrogens (tertiary/aromatic N) is 2. The summed E-state index contributed by atoms with van der Waals surface area (Å²) in [7, 11) is 0. The number of benzene rings is 2. The van der Waals surface area contributed by atoms with Crippen molar-refractivity contribution in [3.63, 3.8) is 0 Å². The number of amides is 1. The highest BCUT2D eigenvalue weighted by atomic mass is 16.5. The Hall–Kier alpha value is -3.12. The lowest BCUT2D eigenvalue weighted by Crippen LogP contribution is -2.16. The molecular weight excluding hydrogens is 364 g/mol. The van der Waals surface area contributed by atoms with Crippen LogP contribution in [0.2, 0.25) is 0 Å². The molecule has 29 heavy (non-hydrogen) atoms. The Labute approximate surface area is 170 Å². The summed E-state index contributed by atoms with van der Waals surface area (Å²) in [5.74, 6) is 0.391. The Bertz CT molecular complexity index is 992. The molecule has 4 N–H and O–H groups in total. The maximum Gasteiger partial charge on any atom is 0.254 e. The topological polar surface area (TPSA) is 96.2 Å². The molecule has 1 heterocycles. The summed E-state index contributed by atoms with van der Waals surface area (Å²) in [5, 5.41) is 4.57. The Balaban J connectivity index is 1.53. The van der Waals surface area contributed by atoms with Gasteiger partial charge in [0.15, 0.2) is 0 Å².